The molecule has 0 unspecified atom stereocenters. The largest absolute Gasteiger partial charge is 0.497 e. The van der Waals surface area contributed by atoms with Gasteiger partial charge in [-0.15, -0.1) is 0 Å². The number of aromatic nitrogens is 3. The Morgan fingerprint density at radius 1 is 1.00 bits per heavy atom. The molecule has 0 spiro atoms. The van der Waals surface area contributed by atoms with E-state index < -0.39 is 0 Å². The van der Waals surface area contributed by atoms with Gasteiger partial charge in [-0.2, -0.15) is 5.10 Å². The Hall–Kier alpha value is -3.52. The van der Waals surface area contributed by atoms with Gasteiger partial charge in [0.25, 0.3) is 0 Å². The molecule has 0 saturated carbocycles. The first-order valence-corrected chi connectivity index (χ1v) is 12.0. The Balaban J connectivity index is 1.37. The third kappa shape index (κ3) is 5.59. The van der Waals surface area contributed by atoms with Crippen LogP contribution in [0, 0.1) is 0 Å². The highest BCUT2D eigenvalue weighted by Gasteiger charge is 2.23. The van der Waals surface area contributed by atoms with Crippen LogP contribution < -0.4 is 10.1 Å². The van der Waals surface area contributed by atoms with Gasteiger partial charge in [0.05, 0.1) is 31.7 Å². The molecule has 5 rings (SSSR count). The lowest BCUT2D eigenvalue weighted by Gasteiger charge is -2.35. The maximum Gasteiger partial charge on any atom is 0.118 e. The monoisotopic (exact) mass is 469 g/mol. The van der Waals surface area contributed by atoms with E-state index in [4.69, 9.17) is 14.6 Å². The number of hydrogen-bond donors (Lipinski definition) is 1. The Bertz CT molecular complexity index is 1190. The fourth-order valence-electron chi connectivity index (χ4n) is 4.51. The zero-order valence-corrected chi connectivity index (χ0v) is 20.0. The van der Waals surface area contributed by atoms with Gasteiger partial charge in [0.2, 0.25) is 0 Å². The maximum absolute atomic E-state index is 5.61. The summed E-state index contributed by atoms with van der Waals surface area (Å²) in [7, 11) is 1.70. The van der Waals surface area contributed by atoms with Gasteiger partial charge in [-0.05, 0) is 42.0 Å². The summed E-state index contributed by atoms with van der Waals surface area (Å²) in [4.78, 5) is 6.80. The standard InChI is InChI=1S/C28H31N5O2/c1-34-26-11-9-22(10-12-26)27(32-14-16-35-17-15-32)20-30-19-24-21-33(25-7-3-2-4-8-25)31-28(24)23-6-5-13-29-18-23/h2-13,18,21,27,30H,14-17,19-20H2,1H3/t27-/m1/s1. The molecule has 1 aliphatic heterocycles. The number of methoxy groups -OCH3 is 1. The van der Waals surface area contributed by atoms with Gasteiger partial charge in [-0.3, -0.25) is 9.88 Å². The molecule has 0 amide bonds. The van der Waals surface area contributed by atoms with Gasteiger partial charge in [0.15, 0.2) is 0 Å². The van der Waals surface area contributed by atoms with Crippen LogP contribution in [0.1, 0.15) is 17.2 Å². The smallest absolute Gasteiger partial charge is 0.118 e. The van der Waals surface area contributed by atoms with Gasteiger partial charge in [0.1, 0.15) is 5.75 Å². The van der Waals surface area contributed by atoms with Crippen molar-refractivity contribution < 1.29 is 9.47 Å². The molecular weight excluding hydrogens is 438 g/mol. The summed E-state index contributed by atoms with van der Waals surface area (Å²) >= 11 is 0. The van der Waals surface area contributed by atoms with Gasteiger partial charge < -0.3 is 14.8 Å². The van der Waals surface area contributed by atoms with E-state index in [0.29, 0.717) is 6.54 Å². The lowest BCUT2D eigenvalue weighted by Crippen LogP contribution is -2.42. The van der Waals surface area contributed by atoms with Crippen LogP contribution in [-0.2, 0) is 11.3 Å². The summed E-state index contributed by atoms with van der Waals surface area (Å²) in [5.41, 5.74) is 5.40. The minimum atomic E-state index is 0.246. The highest BCUT2D eigenvalue weighted by Crippen LogP contribution is 2.26. The topological polar surface area (TPSA) is 64.4 Å². The molecule has 0 aliphatic carbocycles. The molecule has 1 aliphatic rings. The maximum atomic E-state index is 5.61. The molecule has 3 heterocycles. The van der Waals surface area contributed by atoms with Crippen molar-refractivity contribution >= 4 is 0 Å². The Morgan fingerprint density at radius 3 is 2.51 bits per heavy atom. The average Bonchev–Trinajstić information content (AvgIpc) is 3.37. The van der Waals surface area contributed by atoms with Gasteiger partial charge in [-0.25, -0.2) is 4.68 Å². The van der Waals surface area contributed by atoms with E-state index in [1.54, 1.807) is 13.3 Å². The van der Waals surface area contributed by atoms with Crippen molar-refractivity contribution in [3.05, 3.63) is 96.4 Å². The molecule has 7 heteroatoms. The van der Waals surface area contributed by atoms with E-state index in [0.717, 1.165) is 61.1 Å². The first kappa shape index (κ1) is 23.2. The summed E-state index contributed by atoms with van der Waals surface area (Å²) < 4.78 is 12.9. The molecule has 1 saturated heterocycles. The molecule has 1 atom stereocenters. The quantitative estimate of drug-likeness (QED) is 0.398. The highest BCUT2D eigenvalue weighted by molar-refractivity contribution is 5.62. The van der Waals surface area contributed by atoms with Gasteiger partial charge >= 0.3 is 0 Å². The molecule has 2 aromatic carbocycles. The SMILES string of the molecule is COc1ccc([C@@H](CNCc2cn(-c3ccccc3)nc2-c2cccnc2)N2CCOCC2)cc1. The predicted octanol–water partition coefficient (Wildman–Crippen LogP) is 4.11. The second kappa shape index (κ2) is 11.3. The molecular formula is C28H31N5O2. The van der Waals surface area contributed by atoms with Crippen LogP contribution in [0.5, 0.6) is 5.75 Å². The highest BCUT2D eigenvalue weighted by atomic mass is 16.5. The molecule has 7 nitrogen and oxygen atoms in total. The number of nitrogens with one attached hydrogen (secondary N) is 1. The van der Waals surface area contributed by atoms with Crippen LogP contribution in [-0.4, -0.2) is 59.6 Å². The molecule has 4 aromatic rings. The van der Waals surface area contributed by atoms with Crippen molar-refractivity contribution in [1.82, 2.24) is 25.0 Å². The Labute approximate surface area is 206 Å². The van der Waals surface area contributed by atoms with Crippen LogP contribution in [0.4, 0.5) is 0 Å². The summed E-state index contributed by atoms with van der Waals surface area (Å²) in [6.45, 7) is 4.89. The second-order valence-electron chi connectivity index (χ2n) is 8.59. The molecule has 180 valence electrons. The lowest BCUT2D eigenvalue weighted by molar-refractivity contribution is 0.0161. The molecule has 1 fully saturated rings. The zero-order chi connectivity index (χ0) is 23.9. The predicted molar refractivity (Wildman–Crippen MR) is 137 cm³/mol. The van der Waals surface area contributed by atoms with Crippen molar-refractivity contribution in [3.8, 4) is 22.7 Å². The Morgan fingerprint density at radius 2 is 1.80 bits per heavy atom. The normalized spacial score (nSPS) is 15.1. The fourth-order valence-corrected chi connectivity index (χ4v) is 4.51. The number of hydrogen-bond acceptors (Lipinski definition) is 6. The average molecular weight is 470 g/mol. The van der Waals surface area contributed by atoms with E-state index in [1.165, 1.54) is 5.56 Å². The lowest BCUT2D eigenvalue weighted by atomic mass is 10.0. The molecule has 35 heavy (non-hydrogen) atoms. The van der Waals surface area contributed by atoms with Crippen molar-refractivity contribution in [2.75, 3.05) is 40.0 Å². The van der Waals surface area contributed by atoms with Crippen LogP contribution in [0.15, 0.2) is 85.3 Å². The van der Waals surface area contributed by atoms with Crippen molar-refractivity contribution in [2.45, 2.75) is 12.6 Å². The number of benzene rings is 2. The number of rotatable bonds is 9. The minimum Gasteiger partial charge on any atom is -0.497 e. The minimum absolute atomic E-state index is 0.246. The van der Waals surface area contributed by atoms with Crippen LogP contribution in [0.3, 0.4) is 0 Å². The third-order valence-corrected chi connectivity index (χ3v) is 6.39. The summed E-state index contributed by atoms with van der Waals surface area (Å²) in [5, 5.41) is 8.63. The molecule has 2 aromatic heterocycles. The van der Waals surface area contributed by atoms with E-state index in [1.807, 2.05) is 47.3 Å². The first-order valence-electron chi connectivity index (χ1n) is 12.0. The number of pyridine rings is 1. The van der Waals surface area contributed by atoms with Crippen LogP contribution >= 0.6 is 0 Å². The molecule has 1 N–H and O–H groups in total. The first-order chi connectivity index (χ1) is 17.3. The van der Waals surface area contributed by atoms with E-state index >= 15 is 0 Å². The number of nitrogens with zero attached hydrogens (tertiary/aromatic N) is 4. The van der Waals surface area contributed by atoms with Crippen LogP contribution in [0.25, 0.3) is 16.9 Å². The Kier molecular flexibility index (Phi) is 7.48. The van der Waals surface area contributed by atoms with Gasteiger partial charge in [0, 0.05) is 61.9 Å². The van der Waals surface area contributed by atoms with Crippen molar-refractivity contribution in [2.24, 2.45) is 0 Å². The van der Waals surface area contributed by atoms with E-state index in [-0.39, 0.29) is 6.04 Å². The van der Waals surface area contributed by atoms with Gasteiger partial charge in [-0.1, -0.05) is 30.3 Å². The molecule has 0 bridgehead atoms. The number of morpholine rings is 1. The second-order valence-corrected chi connectivity index (χ2v) is 8.59. The molecule has 0 radical (unpaired) electrons. The van der Waals surface area contributed by atoms with Crippen molar-refractivity contribution in [1.29, 1.82) is 0 Å². The van der Waals surface area contributed by atoms with Crippen LogP contribution in [0.2, 0.25) is 0 Å². The number of ether oxygens (including phenoxy) is 2. The summed E-state index contributed by atoms with van der Waals surface area (Å²) in [6.07, 6.45) is 5.77. The zero-order valence-electron chi connectivity index (χ0n) is 20.0. The van der Waals surface area contributed by atoms with Crippen molar-refractivity contribution in [3.63, 3.8) is 0 Å². The summed E-state index contributed by atoms with van der Waals surface area (Å²) in [5.74, 6) is 0.872. The summed E-state index contributed by atoms with van der Waals surface area (Å²) in [6, 6.07) is 22.9. The number of para-hydroxylation sites is 1. The fraction of sp³-hybridized carbons (Fsp3) is 0.286. The van der Waals surface area contributed by atoms with E-state index in [9.17, 15) is 0 Å². The van der Waals surface area contributed by atoms with E-state index in [2.05, 4.69) is 51.7 Å². The third-order valence-electron chi connectivity index (χ3n) is 6.39.